The Bertz CT molecular complexity index is 283. The van der Waals surface area contributed by atoms with Crippen molar-refractivity contribution in [1.82, 2.24) is 5.43 Å². The Hall–Kier alpha value is -1.22. The molecule has 0 spiro atoms. The van der Waals surface area contributed by atoms with Crippen LogP contribution >= 0.6 is 0 Å². The second-order valence-corrected chi connectivity index (χ2v) is 2.78. The molecule has 1 aliphatic rings. The van der Waals surface area contributed by atoms with Gasteiger partial charge in [0.2, 0.25) is 0 Å². The summed E-state index contributed by atoms with van der Waals surface area (Å²) in [6, 6.07) is 5.96. The summed E-state index contributed by atoms with van der Waals surface area (Å²) in [6.45, 7) is 0.886. The van der Waals surface area contributed by atoms with Gasteiger partial charge in [-0.3, -0.25) is 0 Å². The van der Waals surface area contributed by atoms with Crippen LogP contribution in [-0.4, -0.2) is 7.05 Å². The molecule has 0 aliphatic carbocycles. The summed E-state index contributed by atoms with van der Waals surface area (Å²) in [6.07, 6.45) is 0. The third-order valence-electron chi connectivity index (χ3n) is 1.97. The zero-order valence-corrected chi connectivity index (χ0v) is 6.46. The van der Waals surface area contributed by atoms with Crippen LogP contribution < -0.4 is 16.2 Å². The van der Waals surface area contributed by atoms with Gasteiger partial charge in [-0.15, -0.1) is 0 Å². The maximum atomic E-state index is 5.63. The molecule has 0 bridgehead atoms. The summed E-state index contributed by atoms with van der Waals surface area (Å²) in [4.78, 5) is 0. The van der Waals surface area contributed by atoms with Crippen molar-refractivity contribution in [2.45, 2.75) is 6.54 Å². The number of nitrogens with two attached hydrogens (primary N) is 1. The molecule has 0 unspecified atom stereocenters. The van der Waals surface area contributed by atoms with Gasteiger partial charge in [0.25, 0.3) is 0 Å². The van der Waals surface area contributed by atoms with E-state index in [2.05, 4.69) is 5.43 Å². The molecule has 0 saturated carbocycles. The predicted molar refractivity (Wildman–Crippen MR) is 46.1 cm³/mol. The summed E-state index contributed by atoms with van der Waals surface area (Å²) in [5.41, 5.74) is 12.1. The number of hydrogen-bond donors (Lipinski definition) is 2. The molecule has 11 heavy (non-hydrogen) atoms. The third-order valence-corrected chi connectivity index (χ3v) is 1.97. The van der Waals surface area contributed by atoms with E-state index in [4.69, 9.17) is 5.73 Å². The number of hydrogen-bond acceptors (Lipinski definition) is 3. The number of benzene rings is 1. The van der Waals surface area contributed by atoms with Gasteiger partial charge in [-0.25, -0.2) is 5.43 Å². The van der Waals surface area contributed by atoms with E-state index >= 15 is 0 Å². The van der Waals surface area contributed by atoms with Crippen molar-refractivity contribution in [1.29, 1.82) is 0 Å². The normalized spacial score (nSPS) is 15.2. The van der Waals surface area contributed by atoms with Crippen molar-refractivity contribution < 1.29 is 0 Å². The summed E-state index contributed by atoms with van der Waals surface area (Å²) in [5.74, 6) is 0. The van der Waals surface area contributed by atoms with Crippen LogP contribution in [0.1, 0.15) is 5.56 Å². The summed E-state index contributed by atoms with van der Waals surface area (Å²) >= 11 is 0. The number of nitrogens with zero attached hydrogens (tertiary/aromatic N) is 1. The highest BCUT2D eigenvalue weighted by molar-refractivity contribution is 5.60. The van der Waals surface area contributed by atoms with E-state index < -0.39 is 0 Å². The zero-order chi connectivity index (χ0) is 7.84. The standard InChI is InChI=1S/C8H11N3/c1-11-8-3-2-7(9)4-6(8)5-10-11/h2-4,10H,5,9H2,1H3. The fourth-order valence-corrected chi connectivity index (χ4v) is 1.36. The lowest BCUT2D eigenvalue weighted by molar-refractivity contribution is 0.734. The number of nitrogens with one attached hydrogen (secondary N) is 1. The summed E-state index contributed by atoms with van der Waals surface area (Å²) in [7, 11) is 2.00. The first kappa shape index (κ1) is 6.49. The molecule has 0 amide bonds. The van der Waals surface area contributed by atoms with E-state index in [-0.39, 0.29) is 0 Å². The monoisotopic (exact) mass is 149 g/mol. The quantitative estimate of drug-likeness (QED) is 0.534. The van der Waals surface area contributed by atoms with Crippen LogP contribution in [0.25, 0.3) is 0 Å². The average molecular weight is 149 g/mol. The SMILES string of the molecule is CN1NCc2cc(N)ccc21. The van der Waals surface area contributed by atoms with Gasteiger partial charge in [0.05, 0.1) is 5.69 Å². The van der Waals surface area contributed by atoms with Crippen molar-refractivity contribution >= 4 is 11.4 Å². The highest BCUT2D eigenvalue weighted by Crippen LogP contribution is 2.25. The summed E-state index contributed by atoms with van der Waals surface area (Å²) in [5, 5.41) is 2.01. The van der Waals surface area contributed by atoms with Crippen LogP contribution in [0, 0.1) is 0 Å². The Morgan fingerprint density at radius 2 is 2.36 bits per heavy atom. The lowest BCUT2D eigenvalue weighted by atomic mass is 10.2. The van der Waals surface area contributed by atoms with E-state index in [1.165, 1.54) is 11.3 Å². The first-order valence-corrected chi connectivity index (χ1v) is 3.63. The second-order valence-electron chi connectivity index (χ2n) is 2.78. The molecule has 0 aromatic heterocycles. The van der Waals surface area contributed by atoms with E-state index in [1.807, 2.05) is 30.3 Å². The van der Waals surface area contributed by atoms with Gasteiger partial charge in [0.15, 0.2) is 0 Å². The molecule has 3 heteroatoms. The Balaban J connectivity index is 2.50. The lowest BCUT2D eigenvalue weighted by Crippen LogP contribution is -2.26. The van der Waals surface area contributed by atoms with Crippen LogP contribution in [0.5, 0.6) is 0 Å². The van der Waals surface area contributed by atoms with Gasteiger partial charge in [-0.1, -0.05) is 0 Å². The first-order chi connectivity index (χ1) is 5.27. The molecule has 1 aromatic carbocycles. The lowest BCUT2D eigenvalue weighted by Gasteiger charge is -2.10. The van der Waals surface area contributed by atoms with Crippen LogP contribution in [0.4, 0.5) is 11.4 Å². The van der Waals surface area contributed by atoms with Crippen molar-refractivity contribution in [3.8, 4) is 0 Å². The van der Waals surface area contributed by atoms with Crippen LogP contribution in [0.3, 0.4) is 0 Å². The number of rotatable bonds is 0. The van der Waals surface area contributed by atoms with E-state index in [1.54, 1.807) is 0 Å². The van der Waals surface area contributed by atoms with Gasteiger partial charge in [0.1, 0.15) is 0 Å². The Kier molecular flexibility index (Phi) is 1.26. The highest BCUT2D eigenvalue weighted by Gasteiger charge is 2.13. The van der Waals surface area contributed by atoms with Gasteiger partial charge in [-0.2, -0.15) is 0 Å². The minimum Gasteiger partial charge on any atom is -0.399 e. The number of nitrogen functional groups attached to an aromatic ring is 1. The van der Waals surface area contributed by atoms with E-state index in [0.29, 0.717) is 0 Å². The highest BCUT2D eigenvalue weighted by atomic mass is 15.5. The smallest absolute Gasteiger partial charge is 0.0563 e. The number of anilines is 2. The van der Waals surface area contributed by atoms with Gasteiger partial charge in [-0.05, 0) is 23.8 Å². The maximum Gasteiger partial charge on any atom is 0.0563 e. The first-order valence-electron chi connectivity index (χ1n) is 3.63. The Morgan fingerprint density at radius 3 is 3.18 bits per heavy atom. The molecule has 0 radical (unpaired) electrons. The van der Waals surface area contributed by atoms with E-state index in [9.17, 15) is 0 Å². The molecule has 3 N–H and O–H groups in total. The van der Waals surface area contributed by atoms with Crippen molar-refractivity contribution in [3.05, 3.63) is 23.8 Å². The van der Waals surface area contributed by atoms with Crippen LogP contribution in [0.2, 0.25) is 0 Å². The van der Waals surface area contributed by atoms with Crippen LogP contribution in [-0.2, 0) is 6.54 Å². The molecular weight excluding hydrogens is 138 g/mol. The molecule has 3 nitrogen and oxygen atoms in total. The zero-order valence-electron chi connectivity index (χ0n) is 6.46. The van der Waals surface area contributed by atoms with Crippen molar-refractivity contribution in [2.24, 2.45) is 0 Å². The molecular formula is C8H11N3. The second kappa shape index (κ2) is 2.13. The molecule has 1 heterocycles. The minimum atomic E-state index is 0.834. The third kappa shape index (κ3) is 0.935. The van der Waals surface area contributed by atoms with Crippen molar-refractivity contribution in [2.75, 3.05) is 17.8 Å². The molecule has 2 rings (SSSR count). The summed E-state index contributed by atoms with van der Waals surface area (Å²) < 4.78 is 0. The van der Waals surface area contributed by atoms with Crippen LogP contribution in [0.15, 0.2) is 18.2 Å². The van der Waals surface area contributed by atoms with Gasteiger partial charge < -0.3 is 10.7 Å². The van der Waals surface area contributed by atoms with Crippen molar-refractivity contribution in [3.63, 3.8) is 0 Å². The topological polar surface area (TPSA) is 41.3 Å². The number of fused-ring (bicyclic) bond motifs is 1. The van der Waals surface area contributed by atoms with Gasteiger partial charge >= 0.3 is 0 Å². The van der Waals surface area contributed by atoms with Gasteiger partial charge in [0, 0.05) is 19.3 Å². The van der Waals surface area contributed by atoms with E-state index in [0.717, 1.165) is 12.2 Å². The number of hydrazine groups is 1. The molecule has 0 fully saturated rings. The molecule has 1 aliphatic heterocycles. The Morgan fingerprint density at radius 1 is 1.55 bits per heavy atom. The fourth-order valence-electron chi connectivity index (χ4n) is 1.36. The minimum absolute atomic E-state index is 0.834. The molecule has 0 atom stereocenters. The molecule has 0 saturated heterocycles. The maximum absolute atomic E-state index is 5.63. The molecule has 58 valence electrons. The Labute approximate surface area is 65.8 Å². The largest absolute Gasteiger partial charge is 0.399 e. The fraction of sp³-hybridized carbons (Fsp3) is 0.250. The predicted octanol–water partition coefficient (Wildman–Crippen LogP) is 0.723. The molecule has 1 aromatic rings. The average Bonchev–Trinajstić information content (AvgIpc) is 2.32.